The van der Waals surface area contributed by atoms with Crippen molar-refractivity contribution in [1.82, 2.24) is 0 Å². The van der Waals surface area contributed by atoms with Crippen LogP contribution in [0.3, 0.4) is 0 Å². The summed E-state index contributed by atoms with van der Waals surface area (Å²) in [5.74, 6) is 0.343. The maximum absolute atomic E-state index is 10.6. The maximum Gasteiger partial charge on any atom is 0.218 e. The predicted molar refractivity (Wildman–Crippen MR) is 51.2 cm³/mol. The minimum atomic E-state index is -0.868. The zero-order valence-electron chi connectivity index (χ0n) is 6.86. The van der Waals surface area contributed by atoms with E-state index in [0.29, 0.717) is 12.3 Å². The van der Waals surface area contributed by atoms with Crippen LogP contribution in [0, 0.1) is 0 Å². The number of rotatable bonds is 3. The number of hydrogen-bond acceptors (Lipinski definition) is 2. The lowest BCUT2D eigenvalue weighted by Crippen LogP contribution is -2.26. The standard InChI is InChI=1S/C5H13N5OS/c1-12(11)3-2-9-5(8)10-4(6)7/h2-3H2,1H3,(H6,6,7,8,9,10). The molecule has 0 aromatic heterocycles. The Labute approximate surface area is 73.4 Å². The number of hydrogen-bond donors (Lipinski definition) is 3. The van der Waals surface area contributed by atoms with Gasteiger partial charge in [0, 0.05) is 22.8 Å². The molecule has 12 heavy (non-hydrogen) atoms. The highest BCUT2D eigenvalue weighted by Gasteiger charge is 1.90. The summed E-state index contributed by atoms with van der Waals surface area (Å²) in [6.07, 6.45) is 1.59. The highest BCUT2D eigenvalue weighted by Crippen LogP contribution is 1.78. The molecule has 0 aromatic carbocycles. The molecule has 0 saturated heterocycles. The maximum atomic E-state index is 10.6. The number of nitrogens with zero attached hydrogens (tertiary/aromatic N) is 2. The molecule has 0 aliphatic rings. The van der Waals surface area contributed by atoms with Crippen LogP contribution in [0.4, 0.5) is 0 Å². The van der Waals surface area contributed by atoms with Crippen LogP contribution in [-0.4, -0.2) is 34.7 Å². The summed E-state index contributed by atoms with van der Waals surface area (Å²) in [4.78, 5) is 7.23. The lowest BCUT2D eigenvalue weighted by molar-refractivity contribution is 0.686. The first-order valence-electron chi connectivity index (χ1n) is 3.22. The van der Waals surface area contributed by atoms with Gasteiger partial charge in [0.1, 0.15) is 0 Å². The second kappa shape index (κ2) is 5.53. The van der Waals surface area contributed by atoms with Gasteiger partial charge in [-0.2, -0.15) is 4.99 Å². The Kier molecular flexibility index (Phi) is 5.02. The van der Waals surface area contributed by atoms with E-state index in [0.717, 1.165) is 0 Å². The van der Waals surface area contributed by atoms with Crippen molar-refractivity contribution in [1.29, 1.82) is 0 Å². The van der Waals surface area contributed by atoms with Gasteiger partial charge in [0.2, 0.25) is 5.96 Å². The van der Waals surface area contributed by atoms with Crippen LogP contribution >= 0.6 is 0 Å². The molecule has 70 valence electrons. The summed E-state index contributed by atoms with van der Waals surface area (Å²) in [7, 11) is -0.868. The van der Waals surface area contributed by atoms with E-state index in [4.69, 9.17) is 17.2 Å². The second-order valence-corrected chi connectivity index (χ2v) is 3.61. The molecule has 0 aliphatic carbocycles. The van der Waals surface area contributed by atoms with Gasteiger partial charge in [-0.05, 0) is 0 Å². The molecule has 0 heterocycles. The van der Waals surface area contributed by atoms with Crippen LogP contribution < -0.4 is 17.2 Å². The molecule has 0 saturated carbocycles. The Balaban J connectivity index is 3.85. The molecule has 0 aliphatic heterocycles. The number of aliphatic imine (C=N–C) groups is 2. The van der Waals surface area contributed by atoms with Crippen molar-refractivity contribution in [2.45, 2.75) is 0 Å². The van der Waals surface area contributed by atoms with Crippen LogP contribution in [0.5, 0.6) is 0 Å². The second-order valence-electron chi connectivity index (χ2n) is 2.05. The first-order valence-corrected chi connectivity index (χ1v) is 4.94. The topological polar surface area (TPSA) is 120 Å². The van der Waals surface area contributed by atoms with Crippen molar-refractivity contribution < 1.29 is 4.21 Å². The van der Waals surface area contributed by atoms with E-state index < -0.39 is 10.8 Å². The van der Waals surface area contributed by atoms with Gasteiger partial charge in [-0.15, -0.1) is 0 Å². The van der Waals surface area contributed by atoms with Gasteiger partial charge in [-0.25, -0.2) is 0 Å². The van der Waals surface area contributed by atoms with Crippen molar-refractivity contribution in [2.24, 2.45) is 27.2 Å². The molecule has 1 unspecified atom stereocenters. The third-order valence-electron chi connectivity index (χ3n) is 0.896. The Morgan fingerprint density at radius 2 is 2.00 bits per heavy atom. The molecular formula is C5H13N5OS. The van der Waals surface area contributed by atoms with E-state index in [1.165, 1.54) is 0 Å². The molecule has 1 atom stereocenters. The Morgan fingerprint density at radius 3 is 2.42 bits per heavy atom. The van der Waals surface area contributed by atoms with Crippen molar-refractivity contribution in [2.75, 3.05) is 18.6 Å². The fourth-order valence-corrected chi connectivity index (χ4v) is 0.805. The van der Waals surface area contributed by atoms with E-state index in [2.05, 4.69) is 9.98 Å². The summed E-state index contributed by atoms with van der Waals surface area (Å²) in [5, 5.41) is 0. The van der Waals surface area contributed by atoms with Crippen LogP contribution in [0.25, 0.3) is 0 Å². The average molecular weight is 191 g/mol. The zero-order valence-corrected chi connectivity index (χ0v) is 7.67. The lowest BCUT2D eigenvalue weighted by atomic mass is 10.8. The molecule has 0 amide bonds. The van der Waals surface area contributed by atoms with Crippen LogP contribution in [0.1, 0.15) is 0 Å². The summed E-state index contributed by atoms with van der Waals surface area (Å²) in [6, 6.07) is 0. The molecule has 0 bridgehead atoms. The Bertz CT molecular complexity index is 220. The number of nitrogens with two attached hydrogens (primary N) is 3. The van der Waals surface area contributed by atoms with Gasteiger partial charge in [-0.3, -0.25) is 9.20 Å². The number of guanidine groups is 2. The fraction of sp³-hybridized carbons (Fsp3) is 0.600. The summed E-state index contributed by atoms with van der Waals surface area (Å²) >= 11 is 0. The highest BCUT2D eigenvalue weighted by molar-refractivity contribution is 7.84. The Morgan fingerprint density at radius 1 is 1.42 bits per heavy atom. The van der Waals surface area contributed by atoms with Crippen molar-refractivity contribution >= 4 is 22.7 Å². The largest absolute Gasteiger partial charge is 0.370 e. The molecular weight excluding hydrogens is 178 g/mol. The van der Waals surface area contributed by atoms with E-state index in [1.54, 1.807) is 6.26 Å². The third kappa shape index (κ3) is 7.00. The molecule has 0 rings (SSSR count). The summed E-state index contributed by atoms with van der Waals surface area (Å²) in [6.45, 7) is 0.367. The third-order valence-corrected chi connectivity index (χ3v) is 1.65. The first-order chi connectivity index (χ1) is 5.52. The molecule has 6 nitrogen and oxygen atoms in total. The monoisotopic (exact) mass is 191 g/mol. The normalized spacial score (nSPS) is 13.9. The van der Waals surface area contributed by atoms with Gasteiger partial charge in [0.05, 0.1) is 6.54 Å². The van der Waals surface area contributed by atoms with Crippen molar-refractivity contribution in [3.63, 3.8) is 0 Å². The lowest BCUT2D eigenvalue weighted by Gasteiger charge is -1.93. The zero-order chi connectivity index (χ0) is 9.56. The van der Waals surface area contributed by atoms with Crippen molar-refractivity contribution in [3.8, 4) is 0 Å². The average Bonchev–Trinajstić information content (AvgIpc) is 1.84. The van der Waals surface area contributed by atoms with E-state index in [9.17, 15) is 4.21 Å². The van der Waals surface area contributed by atoms with Crippen molar-refractivity contribution in [3.05, 3.63) is 0 Å². The van der Waals surface area contributed by atoms with Crippen LogP contribution in [0.15, 0.2) is 9.98 Å². The van der Waals surface area contributed by atoms with E-state index in [-0.39, 0.29) is 11.9 Å². The van der Waals surface area contributed by atoms with Crippen LogP contribution in [0.2, 0.25) is 0 Å². The molecule has 0 spiro atoms. The summed E-state index contributed by atoms with van der Waals surface area (Å²) < 4.78 is 10.6. The first kappa shape index (κ1) is 10.9. The predicted octanol–water partition coefficient (Wildman–Crippen LogP) is -2.05. The molecule has 7 heteroatoms. The molecule has 6 N–H and O–H groups in total. The van der Waals surface area contributed by atoms with Gasteiger partial charge in [-0.1, -0.05) is 0 Å². The minimum absolute atomic E-state index is 0.0143. The Hall–Kier alpha value is -1.11. The molecule has 0 fully saturated rings. The van der Waals surface area contributed by atoms with Gasteiger partial charge >= 0.3 is 0 Å². The minimum Gasteiger partial charge on any atom is -0.370 e. The summed E-state index contributed by atoms with van der Waals surface area (Å²) in [5.41, 5.74) is 15.3. The fourth-order valence-electron chi connectivity index (χ4n) is 0.456. The van der Waals surface area contributed by atoms with E-state index >= 15 is 0 Å². The van der Waals surface area contributed by atoms with E-state index in [1.807, 2.05) is 0 Å². The highest BCUT2D eigenvalue weighted by atomic mass is 32.2. The SMILES string of the molecule is CS(=O)CCN=C(N)N=C(N)N. The van der Waals surface area contributed by atoms with Gasteiger partial charge in [0.15, 0.2) is 5.96 Å². The molecule has 0 aromatic rings. The molecule has 0 radical (unpaired) electrons. The quantitative estimate of drug-likeness (QED) is 0.351. The van der Waals surface area contributed by atoms with Gasteiger partial charge < -0.3 is 17.2 Å². The van der Waals surface area contributed by atoms with Gasteiger partial charge in [0.25, 0.3) is 0 Å². The smallest absolute Gasteiger partial charge is 0.218 e. The van der Waals surface area contributed by atoms with Crippen LogP contribution in [-0.2, 0) is 10.8 Å².